The standard InChI is InChI=1S/C15H15Br2N/c1-10-6-7-12(16)9-13(10)15(18)8-11-4-2-3-5-14(11)17/h2-7,9,15H,8,18H2,1H3. The highest BCUT2D eigenvalue weighted by atomic mass is 79.9. The second-order valence-electron chi connectivity index (χ2n) is 4.40. The Morgan fingerprint density at radius 3 is 2.56 bits per heavy atom. The summed E-state index contributed by atoms with van der Waals surface area (Å²) in [6.07, 6.45) is 0.832. The van der Waals surface area contributed by atoms with E-state index >= 15 is 0 Å². The van der Waals surface area contributed by atoms with Gasteiger partial charge >= 0.3 is 0 Å². The fourth-order valence-corrected chi connectivity index (χ4v) is 2.85. The van der Waals surface area contributed by atoms with Gasteiger partial charge in [0.15, 0.2) is 0 Å². The molecule has 1 atom stereocenters. The smallest absolute Gasteiger partial charge is 0.0339 e. The summed E-state index contributed by atoms with van der Waals surface area (Å²) in [6.45, 7) is 2.10. The Morgan fingerprint density at radius 2 is 1.83 bits per heavy atom. The molecule has 0 radical (unpaired) electrons. The third-order valence-electron chi connectivity index (χ3n) is 3.04. The Kier molecular flexibility index (Phi) is 4.60. The summed E-state index contributed by atoms with van der Waals surface area (Å²) < 4.78 is 2.19. The normalized spacial score (nSPS) is 12.4. The van der Waals surface area contributed by atoms with Crippen molar-refractivity contribution in [3.05, 3.63) is 68.1 Å². The maximum atomic E-state index is 6.32. The molecule has 94 valence electrons. The predicted molar refractivity (Wildman–Crippen MR) is 83.7 cm³/mol. The molecule has 18 heavy (non-hydrogen) atoms. The SMILES string of the molecule is Cc1ccc(Br)cc1C(N)Cc1ccccc1Br. The van der Waals surface area contributed by atoms with Crippen LogP contribution in [0.2, 0.25) is 0 Å². The van der Waals surface area contributed by atoms with Gasteiger partial charge in [0, 0.05) is 15.0 Å². The Bertz CT molecular complexity index is 552. The van der Waals surface area contributed by atoms with E-state index < -0.39 is 0 Å². The van der Waals surface area contributed by atoms with Gasteiger partial charge in [0.1, 0.15) is 0 Å². The van der Waals surface area contributed by atoms with Gasteiger partial charge in [-0.3, -0.25) is 0 Å². The predicted octanol–water partition coefficient (Wildman–Crippen LogP) is 4.76. The van der Waals surface area contributed by atoms with E-state index in [1.54, 1.807) is 0 Å². The zero-order valence-corrected chi connectivity index (χ0v) is 13.3. The first-order valence-electron chi connectivity index (χ1n) is 5.83. The molecule has 0 aliphatic heterocycles. The molecule has 2 N–H and O–H groups in total. The first-order valence-corrected chi connectivity index (χ1v) is 7.41. The van der Waals surface area contributed by atoms with Gasteiger partial charge in [-0.15, -0.1) is 0 Å². The average Bonchev–Trinajstić information content (AvgIpc) is 2.35. The zero-order chi connectivity index (χ0) is 13.1. The number of nitrogens with two attached hydrogens (primary N) is 1. The molecule has 2 rings (SSSR count). The molecule has 2 aromatic rings. The monoisotopic (exact) mass is 367 g/mol. The quantitative estimate of drug-likeness (QED) is 0.830. The molecule has 2 aromatic carbocycles. The molecule has 1 nitrogen and oxygen atoms in total. The van der Waals surface area contributed by atoms with E-state index in [2.05, 4.69) is 63.0 Å². The number of aryl methyl sites for hydroxylation is 1. The highest BCUT2D eigenvalue weighted by Gasteiger charge is 2.11. The van der Waals surface area contributed by atoms with Crippen molar-refractivity contribution in [1.29, 1.82) is 0 Å². The van der Waals surface area contributed by atoms with Crippen LogP contribution in [0.1, 0.15) is 22.7 Å². The van der Waals surface area contributed by atoms with Crippen LogP contribution in [0.4, 0.5) is 0 Å². The van der Waals surface area contributed by atoms with Crippen molar-refractivity contribution in [2.24, 2.45) is 5.73 Å². The fourth-order valence-electron chi connectivity index (χ4n) is 2.02. The van der Waals surface area contributed by atoms with E-state index in [1.807, 2.05) is 18.2 Å². The molecule has 0 spiro atoms. The molecule has 0 amide bonds. The van der Waals surface area contributed by atoms with Crippen molar-refractivity contribution in [3.8, 4) is 0 Å². The lowest BCUT2D eigenvalue weighted by molar-refractivity contribution is 0.714. The summed E-state index contributed by atoms with van der Waals surface area (Å²) in [5.74, 6) is 0. The number of hydrogen-bond donors (Lipinski definition) is 1. The Labute approximate surface area is 125 Å². The van der Waals surface area contributed by atoms with Gasteiger partial charge in [0.25, 0.3) is 0 Å². The van der Waals surface area contributed by atoms with E-state index in [9.17, 15) is 0 Å². The number of hydrogen-bond acceptors (Lipinski definition) is 1. The summed E-state index contributed by atoms with van der Waals surface area (Å²) in [7, 11) is 0. The van der Waals surface area contributed by atoms with Crippen LogP contribution in [0.3, 0.4) is 0 Å². The van der Waals surface area contributed by atoms with Crippen molar-refractivity contribution in [3.63, 3.8) is 0 Å². The van der Waals surface area contributed by atoms with Crippen molar-refractivity contribution in [1.82, 2.24) is 0 Å². The van der Waals surface area contributed by atoms with Gasteiger partial charge in [-0.1, -0.05) is 56.1 Å². The summed E-state index contributed by atoms with van der Waals surface area (Å²) in [4.78, 5) is 0. The van der Waals surface area contributed by atoms with Gasteiger partial charge in [-0.2, -0.15) is 0 Å². The van der Waals surface area contributed by atoms with Crippen LogP contribution in [0.25, 0.3) is 0 Å². The van der Waals surface area contributed by atoms with Gasteiger partial charge in [0.05, 0.1) is 0 Å². The second-order valence-corrected chi connectivity index (χ2v) is 6.17. The lowest BCUT2D eigenvalue weighted by atomic mass is 9.96. The third-order valence-corrected chi connectivity index (χ3v) is 4.31. The maximum absolute atomic E-state index is 6.32. The second kappa shape index (κ2) is 6.00. The van der Waals surface area contributed by atoms with Crippen molar-refractivity contribution < 1.29 is 0 Å². The van der Waals surface area contributed by atoms with Crippen LogP contribution in [-0.2, 0) is 6.42 Å². The van der Waals surface area contributed by atoms with Crippen molar-refractivity contribution >= 4 is 31.9 Å². The van der Waals surface area contributed by atoms with E-state index in [4.69, 9.17) is 5.73 Å². The number of benzene rings is 2. The van der Waals surface area contributed by atoms with Gasteiger partial charge < -0.3 is 5.73 Å². The van der Waals surface area contributed by atoms with E-state index in [-0.39, 0.29) is 6.04 Å². The molecule has 3 heteroatoms. The first-order chi connectivity index (χ1) is 8.58. The highest BCUT2D eigenvalue weighted by molar-refractivity contribution is 9.10. The van der Waals surface area contributed by atoms with Crippen molar-refractivity contribution in [2.75, 3.05) is 0 Å². The molecule has 0 heterocycles. The lowest BCUT2D eigenvalue weighted by Gasteiger charge is -2.16. The largest absolute Gasteiger partial charge is 0.324 e. The molecule has 0 aliphatic rings. The number of halogens is 2. The molecule has 0 bridgehead atoms. The first kappa shape index (κ1) is 13.8. The molecule has 0 fully saturated rings. The van der Waals surface area contributed by atoms with Crippen molar-refractivity contribution in [2.45, 2.75) is 19.4 Å². The maximum Gasteiger partial charge on any atom is 0.0339 e. The molecular weight excluding hydrogens is 354 g/mol. The van der Waals surface area contributed by atoms with Crippen LogP contribution in [0.5, 0.6) is 0 Å². The average molecular weight is 369 g/mol. The summed E-state index contributed by atoms with van der Waals surface area (Å²) in [5, 5.41) is 0. The van der Waals surface area contributed by atoms with Crippen LogP contribution in [-0.4, -0.2) is 0 Å². The van der Waals surface area contributed by atoms with Crippen LogP contribution in [0, 0.1) is 6.92 Å². The molecular formula is C15H15Br2N. The highest BCUT2D eigenvalue weighted by Crippen LogP contribution is 2.26. The topological polar surface area (TPSA) is 26.0 Å². The van der Waals surface area contributed by atoms with E-state index in [1.165, 1.54) is 16.7 Å². The molecule has 0 saturated heterocycles. The Balaban J connectivity index is 2.25. The van der Waals surface area contributed by atoms with Gasteiger partial charge in [-0.25, -0.2) is 0 Å². The minimum Gasteiger partial charge on any atom is -0.324 e. The molecule has 1 unspecified atom stereocenters. The molecule has 0 saturated carbocycles. The third kappa shape index (κ3) is 3.22. The minimum atomic E-state index is 0.0150. The summed E-state index contributed by atoms with van der Waals surface area (Å²) in [6, 6.07) is 14.5. The van der Waals surface area contributed by atoms with Crippen LogP contribution >= 0.6 is 31.9 Å². The molecule has 0 aliphatic carbocycles. The minimum absolute atomic E-state index is 0.0150. The Morgan fingerprint density at radius 1 is 1.11 bits per heavy atom. The molecule has 0 aromatic heterocycles. The van der Waals surface area contributed by atoms with Crippen LogP contribution < -0.4 is 5.73 Å². The van der Waals surface area contributed by atoms with E-state index in [0.717, 1.165) is 15.4 Å². The zero-order valence-electron chi connectivity index (χ0n) is 10.2. The summed E-state index contributed by atoms with van der Waals surface area (Å²) in [5.41, 5.74) is 9.99. The number of rotatable bonds is 3. The summed E-state index contributed by atoms with van der Waals surface area (Å²) >= 11 is 7.07. The van der Waals surface area contributed by atoms with E-state index in [0.29, 0.717) is 0 Å². The van der Waals surface area contributed by atoms with Crippen LogP contribution in [0.15, 0.2) is 51.4 Å². The lowest BCUT2D eigenvalue weighted by Crippen LogP contribution is -2.15. The Hall–Kier alpha value is -0.640. The van der Waals surface area contributed by atoms with Gasteiger partial charge in [0.2, 0.25) is 0 Å². The van der Waals surface area contributed by atoms with Gasteiger partial charge in [-0.05, 0) is 48.2 Å². The fraction of sp³-hybridized carbons (Fsp3) is 0.200.